The lowest BCUT2D eigenvalue weighted by atomic mass is 10.1. The van der Waals surface area contributed by atoms with Gasteiger partial charge in [0.2, 0.25) is 0 Å². The summed E-state index contributed by atoms with van der Waals surface area (Å²) in [6.07, 6.45) is 8.57. The van der Waals surface area contributed by atoms with Crippen LogP contribution in [0.4, 0.5) is 10.5 Å². The van der Waals surface area contributed by atoms with Gasteiger partial charge in [-0.2, -0.15) is 5.10 Å². The average molecular weight is 553 g/mol. The third-order valence-electron chi connectivity index (χ3n) is 6.35. The highest BCUT2D eigenvalue weighted by Gasteiger charge is 2.17. The predicted octanol–water partition coefficient (Wildman–Crippen LogP) is 4.96. The molecule has 40 heavy (non-hydrogen) atoms. The maximum atomic E-state index is 12.3. The van der Waals surface area contributed by atoms with Gasteiger partial charge < -0.3 is 20.5 Å². The second-order valence-corrected chi connectivity index (χ2v) is 9.96. The van der Waals surface area contributed by atoms with Crippen molar-refractivity contribution in [3.63, 3.8) is 0 Å². The van der Waals surface area contributed by atoms with E-state index in [1.807, 2.05) is 55.4 Å². The zero-order valence-electron chi connectivity index (χ0n) is 21.7. The number of halogens is 1. The number of rotatable bonds is 7. The lowest BCUT2D eigenvalue weighted by Gasteiger charge is -2.11. The maximum Gasteiger partial charge on any atom is 0.319 e. The quantitative estimate of drug-likeness (QED) is 0.219. The largest absolute Gasteiger partial charge is 0.337 e. The first-order valence-electron chi connectivity index (χ1n) is 12.5. The number of imidazole rings is 1. The molecule has 5 aromatic heterocycles. The van der Waals surface area contributed by atoms with Gasteiger partial charge in [0.25, 0.3) is 0 Å². The number of urea groups is 1. The molecule has 11 nitrogen and oxygen atoms in total. The molecule has 0 aliphatic rings. The molecule has 2 amide bonds. The number of hydrogen-bond donors (Lipinski definition) is 4. The van der Waals surface area contributed by atoms with Crippen molar-refractivity contribution in [2.45, 2.75) is 0 Å². The van der Waals surface area contributed by atoms with Crippen LogP contribution < -0.4 is 10.6 Å². The number of benzene rings is 1. The summed E-state index contributed by atoms with van der Waals surface area (Å²) in [5, 5.41) is 14.5. The van der Waals surface area contributed by atoms with Gasteiger partial charge in [0, 0.05) is 53.4 Å². The Kier molecular flexibility index (Phi) is 6.81. The van der Waals surface area contributed by atoms with Crippen molar-refractivity contribution < 1.29 is 4.79 Å². The molecule has 5 heterocycles. The van der Waals surface area contributed by atoms with Crippen LogP contribution in [0.3, 0.4) is 0 Å². The highest BCUT2D eigenvalue weighted by atomic mass is 35.5. The van der Waals surface area contributed by atoms with E-state index in [0.29, 0.717) is 34.4 Å². The Morgan fingerprint density at radius 2 is 1.85 bits per heavy atom. The fraction of sp³-hybridized carbons (Fsp3) is 0.143. The van der Waals surface area contributed by atoms with Gasteiger partial charge in [-0.3, -0.25) is 15.1 Å². The molecule has 0 spiro atoms. The molecule has 1 aromatic carbocycles. The Balaban J connectivity index is 1.31. The molecule has 6 rings (SSSR count). The topological polar surface area (TPSA) is 140 Å². The monoisotopic (exact) mass is 552 g/mol. The molecule has 0 aliphatic carbocycles. The zero-order chi connectivity index (χ0) is 27.6. The van der Waals surface area contributed by atoms with Crippen LogP contribution in [0.5, 0.6) is 0 Å². The third-order valence-corrected chi connectivity index (χ3v) is 6.59. The van der Waals surface area contributed by atoms with E-state index in [9.17, 15) is 4.79 Å². The van der Waals surface area contributed by atoms with Crippen LogP contribution >= 0.6 is 11.6 Å². The van der Waals surface area contributed by atoms with Gasteiger partial charge >= 0.3 is 6.03 Å². The number of carbonyl (C=O) groups is 1. The summed E-state index contributed by atoms with van der Waals surface area (Å²) in [4.78, 5) is 35.7. The standard InChI is InChI=1S/C28H25ClN10O/c1-39(2)7-6-32-28(40)34-20-9-17(11-30-13-20)18-10-21-25(37-38-26(21)33-12-18)27-35-23-15-31-14-22(24(23)36-27)16-4-3-5-19(29)8-16/h3-5,8-15H,6-7H2,1-2H3,(H,35,36)(H2,32,34,40)(H,33,37,38). The van der Waals surface area contributed by atoms with Gasteiger partial charge in [-0.05, 0) is 43.9 Å². The van der Waals surface area contributed by atoms with Crippen LogP contribution in [0.2, 0.25) is 5.02 Å². The zero-order valence-corrected chi connectivity index (χ0v) is 22.5. The SMILES string of the molecule is CN(C)CCNC(=O)Nc1cncc(-c2cnc3n[nH]c(-c4nc5c(-c6cccc(Cl)c6)cncc5[nH]4)c3c2)c1. The van der Waals surface area contributed by atoms with Gasteiger partial charge in [-0.25, -0.2) is 14.8 Å². The van der Waals surface area contributed by atoms with Crippen molar-refractivity contribution in [1.82, 2.24) is 45.3 Å². The van der Waals surface area contributed by atoms with E-state index in [-0.39, 0.29) is 6.03 Å². The fourth-order valence-corrected chi connectivity index (χ4v) is 4.58. The average Bonchev–Trinajstić information content (AvgIpc) is 3.56. The number of aromatic nitrogens is 7. The van der Waals surface area contributed by atoms with Crippen LogP contribution in [-0.4, -0.2) is 73.2 Å². The Morgan fingerprint density at radius 1 is 1.00 bits per heavy atom. The Labute approximate surface area is 234 Å². The van der Waals surface area contributed by atoms with Crippen LogP contribution in [0.1, 0.15) is 0 Å². The number of H-pyrrole nitrogens is 2. The van der Waals surface area contributed by atoms with Crippen molar-refractivity contribution in [1.29, 1.82) is 0 Å². The minimum absolute atomic E-state index is 0.289. The number of nitrogens with one attached hydrogen (secondary N) is 4. The molecule has 0 radical (unpaired) electrons. The number of fused-ring (bicyclic) bond motifs is 2. The Morgan fingerprint density at radius 3 is 2.70 bits per heavy atom. The normalized spacial score (nSPS) is 11.4. The van der Waals surface area contributed by atoms with Crippen LogP contribution in [0.25, 0.3) is 55.8 Å². The van der Waals surface area contributed by atoms with E-state index in [1.165, 1.54) is 0 Å². The first kappa shape index (κ1) is 25.4. The van der Waals surface area contributed by atoms with Crippen molar-refractivity contribution in [3.05, 3.63) is 72.4 Å². The van der Waals surface area contributed by atoms with Gasteiger partial charge in [0.15, 0.2) is 11.5 Å². The molecule has 0 saturated carbocycles. The molecule has 0 aliphatic heterocycles. The summed E-state index contributed by atoms with van der Waals surface area (Å²) >= 11 is 6.23. The molecular weight excluding hydrogens is 528 g/mol. The third kappa shape index (κ3) is 5.20. The summed E-state index contributed by atoms with van der Waals surface area (Å²) < 4.78 is 0. The van der Waals surface area contributed by atoms with E-state index >= 15 is 0 Å². The highest BCUT2D eigenvalue weighted by Crippen LogP contribution is 2.33. The molecule has 0 unspecified atom stereocenters. The van der Waals surface area contributed by atoms with Crippen LogP contribution in [0, 0.1) is 0 Å². The number of hydrogen-bond acceptors (Lipinski definition) is 7. The molecule has 0 bridgehead atoms. The molecule has 12 heteroatoms. The Hall–Kier alpha value is -4.87. The van der Waals surface area contributed by atoms with E-state index in [2.05, 4.69) is 40.8 Å². The summed E-state index contributed by atoms with van der Waals surface area (Å²) in [5.74, 6) is 0.607. The van der Waals surface area contributed by atoms with Crippen molar-refractivity contribution in [2.75, 3.05) is 32.5 Å². The van der Waals surface area contributed by atoms with Gasteiger partial charge in [-0.1, -0.05) is 23.7 Å². The molecular formula is C28H25ClN10O. The minimum atomic E-state index is -0.289. The molecule has 0 fully saturated rings. The molecule has 0 atom stereocenters. The first-order valence-corrected chi connectivity index (χ1v) is 12.9. The second kappa shape index (κ2) is 10.7. The fourth-order valence-electron chi connectivity index (χ4n) is 4.39. The number of amides is 2. The van der Waals surface area contributed by atoms with E-state index in [1.54, 1.807) is 31.0 Å². The molecule has 4 N–H and O–H groups in total. The summed E-state index contributed by atoms with van der Waals surface area (Å²) in [6, 6.07) is 11.1. The molecule has 200 valence electrons. The number of likely N-dealkylation sites (N-methyl/N-ethyl adjacent to an activating group) is 1. The minimum Gasteiger partial charge on any atom is -0.337 e. The van der Waals surface area contributed by atoms with Crippen molar-refractivity contribution in [3.8, 4) is 33.8 Å². The number of pyridine rings is 3. The lowest BCUT2D eigenvalue weighted by molar-refractivity contribution is 0.250. The number of aromatic amines is 2. The van der Waals surface area contributed by atoms with Crippen molar-refractivity contribution in [2.24, 2.45) is 0 Å². The lowest BCUT2D eigenvalue weighted by Crippen LogP contribution is -2.34. The van der Waals surface area contributed by atoms with Crippen LogP contribution in [0.15, 0.2) is 67.4 Å². The van der Waals surface area contributed by atoms with Gasteiger partial charge in [-0.15, -0.1) is 0 Å². The van der Waals surface area contributed by atoms with E-state index < -0.39 is 0 Å². The number of nitrogens with zero attached hydrogens (tertiary/aromatic N) is 6. The second-order valence-electron chi connectivity index (χ2n) is 9.52. The number of anilines is 1. The predicted molar refractivity (Wildman–Crippen MR) is 156 cm³/mol. The smallest absolute Gasteiger partial charge is 0.319 e. The Bertz CT molecular complexity index is 1840. The number of carbonyl (C=O) groups excluding carboxylic acids is 1. The summed E-state index contributed by atoms with van der Waals surface area (Å²) in [7, 11) is 3.90. The maximum absolute atomic E-state index is 12.3. The van der Waals surface area contributed by atoms with Crippen molar-refractivity contribution >= 4 is 45.4 Å². The molecule has 0 saturated heterocycles. The highest BCUT2D eigenvalue weighted by molar-refractivity contribution is 6.30. The van der Waals surface area contributed by atoms with Gasteiger partial charge in [0.05, 0.1) is 34.5 Å². The van der Waals surface area contributed by atoms with E-state index in [4.69, 9.17) is 16.6 Å². The van der Waals surface area contributed by atoms with Gasteiger partial charge in [0.1, 0.15) is 5.69 Å². The van der Waals surface area contributed by atoms with E-state index in [0.717, 1.165) is 45.2 Å². The van der Waals surface area contributed by atoms with Crippen LogP contribution in [-0.2, 0) is 0 Å². The summed E-state index contributed by atoms with van der Waals surface area (Å²) in [5.41, 5.74) is 6.78. The summed E-state index contributed by atoms with van der Waals surface area (Å²) in [6.45, 7) is 1.28. The molecule has 6 aromatic rings. The first-order chi connectivity index (χ1) is 19.4.